The Morgan fingerprint density at radius 2 is 1.71 bits per heavy atom. The van der Waals surface area contributed by atoms with Gasteiger partial charge < -0.3 is 0 Å². The van der Waals surface area contributed by atoms with Crippen LogP contribution in [0.25, 0.3) is 6.08 Å². The van der Waals surface area contributed by atoms with E-state index in [1.165, 1.54) is 11.8 Å². The highest BCUT2D eigenvalue weighted by Crippen LogP contribution is 2.36. The number of benzene rings is 2. The number of thiocarbonyl (C=S) groups is 1. The van der Waals surface area contributed by atoms with Gasteiger partial charge in [0.15, 0.2) is 4.32 Å². The average Bonchev–Trinajstić information content (AvgIpc) is 2.77. The number of hydrogen-bond acceptors (Lipinski definition) is 3. The Balaban J connectivity index is 1.96. The number of aryl methyl sites for hydroxylation is 1. The molecule has 4 heteroatoms. The van der Waals surface area contributed by atoms with Gasteiger partial charge in [-0.15, -0.1) is 0 Å². The maximum Gasteiger partial charge on any atom is 0.270 e. The van der Waals surface area contributed by atoms with Crippen molar-refractivity contribution in [3.05, 3.63) is 70.6 Å². The Morgan fingerprint density at radius 1 is 1.05 bits per heavy atom. The highest BCUT2D eigenvalue weighted by atomic mass is 32.2. The molecule has 1 aliphatic heterocycles. The molecule has 1 heterocycles. The molecule has 104 valence electrons. The highest BCUT2D eigenvalue weighted by molar-refractivity contribution is 8.27. The number of para-hydroxylation sites is 1. The number of carbonyl (C=O) groups is 1. The van der Waals surface area contributed by atoms with Crippen molar-refractivity contribution >= 4 is 46.0 Å². The first kappa shape index (κ1) is 14.0. The van der Waals surface area contributed by atoms with E-state index in [9.17, 15) is 4.79 Å². The van der Waals surface area contributed by atoms with E-state index in [1.807, 2.05) is 67.6 Å². The molecular formula is C17H13NOS2. The zero-order valence-corrected chi connectivity index (χ0v) is 13.1. The third kappa shape index (κ3) is 2.77. The fourth-order valence-corrected chi connectivity index (χ4v) is 3.45. The number of rotatable bonds is 2. The molecule has 1 fully saturated rings. The Kier molecular flexibility index (Phi) is 3.90. The molecule has 1 amide bonds. The molecule has 0 saturated carbocycles. The van der Waals surface area contributed by atoms with Gasteiger partial charge in [-0.3, -0.25) is 9.69 Å². The Bertz CT molecular complexity index is 737. The van der Waals surface area contributed by atoms with Gasteiger partial charge in [0.1, 0.15) is 0 Å². The van der Waals surface area contributed by atoms with E-state index in [0.717, 1.165) is 16.8 Å². The first-order valence-electron chi connectivity index (χ1n) is 6.55. The summed E-state index contributed by atoms with van der Waals surface area (Å²) >= 11 is 6.70. The van der Waals surface area contributed by atoms with Crippen LogP contribution in [0.4, 0.5) is 5.69 Å². The van der Waals surface area contributed by atoms with Gasteiger partial charge in [0, 0.05) is 0 Å². The molecule has 0 atom stereocenters. The SMILES string of the molecule is Cc1ccccc1C=C1SC(=S)N(c2ccccc2)C1=O. The van der Waals surface area contributed by atoms with Crippen molar-refractivity contribution in [1.82, 2.24) is 0 Å². The van der Waals surface area contributed by atoms with Crippen molar-refractivity contribution in [2.24, 2.45) is 0 Å². The van der Waals surface area contributed by atoms with Crippen LogP contribution in [0.15, 0.2) is 59.5 Å². The van der Waals surface area contributed by atoms with Crippen LogP contribution in [0.3, 0.4) is 0 Å². The van der Waals surface area contributed by atoms with Crippen molar-refractivity contribution in [2.45, 2.75) is 6.92 Å². The van der Waals surface area contributed by atoms with Gasteiger partial charge in [0.05, 0.1) is 10.6 Å². The quantitative estimate of drug-likeness (QED) is 0.605. The average molecular weight is 311 g/mol. The Morgan fingerprint density at radius 3 is 2.43 bits per heavy atom. The lowest BCUT2D eigenvalue weighted by Gasteiger charge is -2.13. The molecule has 21 heavy (non-hydrogen) atoms. The summed E-state index contributed by atoms with van der Waals surface area (Å²) in [5.74, 6) is -0.0561. The summed E-state index contributed by atoms with van der Waals surface area (Å²) < 4.78 is 0.575. The van der Waals surface area contributed by atoms with Gasteiger partial charge in [-0.2, -0.15) is 0 Å². The van der Waals surface area contributed by atoms with Gasteiger partial charge in [-0.25, -0.2) is 0 Å². The summed E-state index contributed by atoms with van der Waals surface area (Å²) in [6.07, 6.45) is 1.91. The monoisotopic (exact) mass is 311 g/mol. The number of anilines is 1. The first-order valence-corrected chi connectivity index (χ1v) is 7.78. The molecule has 1 aliphatic rings. The van der Waals surface area contributed by atoms with Crippen LogP contribution < -0.4 is 4.90 Å². The van der Waals surface area contributed by atoms with Crippen LogP contribution in [0.2, 0.25) is 0 Å². The van der Waals surface area contributed by atoms with Gasteiger partial charge in [0.25, 0.3) is 5.91 Å². The van der Waals surface area contributed by atoms with E-state index >= 15 is 0 Å². The van der Waals surface area contributed by atoms with Crippen LogP contribution >= 0.6 is 24.0 Å². The lowest BCUT2D eigenvalue weighted by atomic mass is 10.1. The van der Waals surface area contributed by atoms with Gasteiger partial charge >= 0.3 is 0 Å². The predicted molar refractivity (Wildman–Crippen MR) is 93.3 cm³/mol. The van der Waals surface area contributed by atoms with Crippen LogP contribution in [0.1, 0.15) is 11.1 Å². The summed E-state index contributed by atoms with van der Waals surface area (Å²) in [5.41, 5.74) is 3.00. The topological polar surface area (TPSA) is 20.3 Å². The largest absolute Gasteiger partial charge is 0.270 e. The second-order valence-corrected chi connectivity index (χ2v) is 6.39. The molecule has 0 radical (unpaired) electrons. The minimum atomic E-state index is -0.0561. The van der Waals surface area contributed by atoms with Crippen LogP contribution in [-0.4, -0.2) is 10.2 Å². The molecule has 2 nitrogen and oxygen atoms in total. The van der Waals surface area contributed by atoms with Crippen molar-refractivity contribution in [1.29, 1.82) is 0 Å². The zero-order valence-electron chi connectivity index (χ0n) is 11.4. The van der Waals surface area contributed by atoms with Crippen molar-refractivity contribution in [3.63, 3.8) is 0 Å². The molecular weight excluding hydrogens is 298 g/mol. The predicted octanol–water partition coefficient (Wildman–Crippen LogP) is 4.40. The summed E-state index contributed by atoms with van der Waals surface area (Å²) in [5, 5.41) is 0. The molecule has 2 aromatic carbocycles. The maximum absolute atomic E-state index is 12.6. The fourth-order valence-electron chi connectivity index (χ4n) is 2.16. The minimum Gasteiger partial charge on any atom is -0.268 e. The van der Waals surface area contributed by atoms with E-state index in [4.69, 9.17) is 12.2 Å². The van der Waals surface area contributed by atoms with E-state index in [-0.39, 0.29) is 5.91 Å². The molecule has 1 saturated heterocycles. The van der Waals surface area contributed by atoms with E-state index in [1.54, 1.807) is 4.90 Å². The minimum absolute atomic E-state index is 0.0561. The van der Waals surface area contributed by atoms with Crippen LogP contribution in [0.5, 0.6) is 0 Å². The van der Waals surface area contributed by atoms with Gasteiger partial charge in [-0.05, 0) is 36.3 Å². The summed E-state index contributed by atoms with van der Waals surface area (Å²) in [6.45, 7) is 2.03. The Hall–Kier alpha value is -1.91. The number of amides is 1. The van der Waals surface area contributed by atoms with Crippen LogP contribution in [0, 0.1) is 6.92 Å². The fraction of sp³-hybridized carbons (Fsp3) is 0.0588. The lowest BCUT2D eigenvalue weighted by Crippen LogP contribution is -2.27. The van der Waals surface area contributed by atoms with Crippen molar-refractivity contribution in [3.8, 4) is 0 Å². The van der Waals surface area contributed by atoms with E-state index in [2.05, 4.69) is 0 Å². The molecule has 0 N–H and O–H groups in total. The number of carbonyl (C=O) groups excluding carboxylic acids is 1. The van der Waals surface area contributed by atoms with Crippen LogP contribution in [-0.2, 0) is 4.79 Å². The van der Waals surface area contributed by atoms with Crippen molar-refractivity contribution < 1.29 is 4.79 Å². The molecule has 0 aliphatic carbocycles. The van der Waals surface area contributed by atoms with E-state index < -0.39 is 0 Å². The first-order chi connectivity index (χ1) is 10.2. The standard InChI is InChI=1S/C17H13NOS2/c1-12-7-5-6-8-13(12)11-15-16(19)18(17(20)21-15)14-9-3-2-4-10-14/h2-11H,1H3. The summed E-state index contributed by atoms with van der Waals surface area (Å²) in [6, 6.07) is 17.5. The number of hydrogen-bond donors (Lipinski definition) is 0. The second kappa shape index (κ2) is 5.84. The maximum atomic E-state index is 12.6. The Labute approximate surface area is 133 Å². The molecule has 0 spiro atoms. The van der Waals surface area contributed by atoms with Gasteiger partial charge in [0.2, 0.25) is 0 Å². The normalized spacial score (nSPS) is 16.8. The highest BCUT2D eigenvalue weighted by Gasteiger charge is 2.33. The second-order valence-electron chi connectivity index (χ2n) is 4.71. The van der Waals surface area contributed by atoms with Gasteiger partial charge in [-0.1, -0.05) is 66.4 Å². The summed E-state index contributed by atoms with van der Waals surface area (Å²) in [4.78, 5) is 14.8. The summed E-state index contributed by atoms with van der Waals surface area (Å²) in [7, 11) is 0. The number of nitrogens with zero attached hydrogens (tertiary/aromatic N) is 1. The zero-order chi connectivity index (χ0) is 14.8. The van der Waals surface area contributed by atoms with E-state index in [0.29, 0.717) is 9.23 Å². The molecule has 0 aromatic heterocycles. The van der Waals surface area contributed by atoms with Crippen molar-refractivity contribution in [2.75, 3.05) is 4.90 Å². The third-order valence-corrected chi connectivity index (χ3v) is 4.59. The molecule has 0 unspecified atom stereocenters. The molecule has 3 rings (SSSR count). The molecule has 2 aromatic rings. The lowest BCUT2D eigenvalue weighted by molar-refractivity contribution is -0.113. The third-order valence-electron chi connectivity index (χ3n) is 3.28. The smallest absolute Gasteiger partial charge is 0.268 e. The molecule has 0 bridgehead atoms. The number of thioether (sulfide) groups is 1.